The third-order valence-corrected chi connectivity index (χ3v) is 7.08. The van der Waals surface area contributed by atoms with E-state index in [9.17, 15) is 13.6 Å². The third kappa shape index (κ3) is 5.64. The van der Waals surface area contributed by atoms with Gasteiger partial charge in [0, 0.05) is 24.8 Å². The van der Waals surface area contributed by atoms with E-state index < -0.39 is 0 Å². The maximum absolute atomic E-state index is 14.0. The molecule has 6 nitrogen and oxygen atoms in total. The summed E-state index contributed by atoms with van der Waals surface area (Å²) < 4.78 is 29.5. The number of nitrogens with zero attached hydrogens (tertiary/aromatic N) is 5. The molecule has 9 heteroatoms. The SMILES string of the molecule is CC(c1nnc(SCC(=O)N(C)Cc2ccccc2F)n1-c1ccc(F)cc1)N1CCCCC1. The van der Waals surface area contributed by atoms with Crippen molar-refractivity contribution in [2.75, 3.05) is 25.9 Å². The van der Waals surface area contributed by atoms with Crippen molar-refractivity contribution in [3.63, 3.8) is 0 Å². The number of likely N-dealkylation sites (tertiary alicyclic amines) is 1. The lowest BCUT2D eigenvalue weighted by Crippen LogP contribution is -2.33. The number of hydrogen-bond acceptors (Lipinski definition) is 5. The molecule has 1 aliphatic heterocycles. The molecule has 0 saturated carbocycles. The minimum absolute atomic E-state index is 0.0339. The molecule has 2 heterocycles. The number of aromatic nitrogens is 3. The highest BCUT2D eigenvalue weighted by Gasteiger charge is 2.26. The molecule has 34 heavy (non-hydrogen) atoms. The Hall–Kier alpha value is -2.78. The van der Waals surface area contributed by atoms with Crippen LogP contribution >= 0.6 is 11.8 Å². The van der Waals surface area contributed by atoms with Gasteiger partial charge in [0.05, 0.1) is 11.8 Å². The van der Waals surface area contributed by atoms with Gasteiger partial charge in [-0.05, 0) is 63.2 Å². The highest BCUT2D eigenvalue weighted by molar-refractivity contribution is 7.99. The summed E-state index contributed by atoms with van der Waals surface area (Å²) in [7, 11) is 1.66. The van der Waals surface area contributed by atoms with E-state index in [1.165, 1.54) is 41.3 Å². The molecular weight excluding hydrogens is 456 g/mol. The van der Waals surface area contributed by atoms with E-state index in [4.69, 9.17) is 0 Å². The fraction of sp³-hybridized carbons (Fsp3) is 0.400. The smallest absolute Gasteiger partial charge is 0.233 e. The van der Waals surface area contributed by atoms with Crippen molar-refractivity contribution in [3.05, 3.63) is 71.6 Å². The average molecular weight is 486 g/mol. The molecule has 1 saturated heterocycles. The highest BCUT2D eigenvalue weighted by Crippen LogP contribution is 2.29. The maximum Gasteiger partial charge on any atom is 0.233 e. The van der Waals surface area contributed by atoms with Crippen LogP contribution in [0, 0.1) is 11.6 Å². The fourth-order valence-electron chi connectivity index (χ4n) is 4.15. The molecule has 0 bridgehead atoms. The van der Waals surface area contributed by atoms with Gasteiger partial charge in [-0.25, -0.2) is 8.78 Å². The Labute approximate surface area is 203 Å². The molecule has 0 radical (unpaired) electrons. The molecule has 4 rings (SSSR count). The molecule has 1 fully saturated rings. The molecule has 0 spiro atoms. The summed E-state index contributed by atoms with van der Waals surface area (Å²) in [5.74, 6) is 0.0991. The van der Waals surface area contributed by atoms with Crippen molar-refractivity contribution >= 4 is 17.7 Å². The first-order chi connectivity index (χ1) is 16.4. The predicted octanol–water partition coefficient (Wildman–Crippen LogP) is 4.84. The summed E-state index contributed by atoms with van der Waals surface area (Å²) >= 11 is 1.27. The van der Waals surface area contributed by atoms with Crippen LogP contribution in [0.3, 0.4) is 0 Å². The van der Waals surface area contributed by atoms with Gasteiger partial charge in [-0.2, -0.15) is 0 Å². The number of thioether (sulfide) groups is 1. The molecule has 1 aliphatic rings. The van der Waals surface area contributed by atoms with Gasteiger partial charge in [-0.15, -0.1) is 10.2 Å². The van der Waals surface area contributed by atoms with Crippen LogP contribution in [-0.2, 0) is 11.3 Å². The van der Waals surface area contributed by atoms with Crippen LogP contribution < -0.4 is 0 Å². The molecule has 1 unspecified atom stereocenters. The topological polar surface area (TPSA) is 54.3 Å². The fourth-order valence-corrected chi connectivity index (χ4v) is 5.05. The zero-order valence-electron chi connectivity index (χ0n) is 19.5. The summed E-state index contributed by atoms with van der Waals surface area (Å²) in [5, 5.41) is 9.43. The van der Waals surface area contributed by atoms with Gasteiger partial charge in [0.25, 0.3) is 0 Å². The van der Waals surface area contributed by atoms with Crippen LogP contribution in [0.4, 0.5) is 8.78 Å². The number of piperidine rings is 1. The first-order valence-corrected chi connectivity index (χ1v) is 12.5. The van der Waals surface area contributed by atoms with Gasteiger partial charge >= 0.3 is 0 Å². The normalized spacial score (nSPS) is 15.3. The second kappa shape index (κ2) is 11.1. The van der Waals surface area contributed by atoms with Crippen LogP contribution in [0.25, 0.3) is 5.69 Å². The largest absolute Gasteiger partial charge is 0.341 e. The number of carbonyl (C=O) groups excluding carboxylic acids is 1. The van der Waals surface area contributed by atoms with Crippen molar-refractivity contribution in [2.24, 2.45) is 0 Å². The Balaban J connectivity index is 1.52. The number of carbonyl (C=O) groups is 1. The Bertz CT molecular complexity index is 1110. The molecule has 3 aromatic rings. The Morgan fingerprint density at radius 1 is 1.06 bits per heavy atom. The van der Waals surface area contributed by atoms with Crippen LogP contribution in [-0.4, -0.2) is 56.4 Å². The van der Waals surface area contributed by atoms with E-state index in [-0.39, 0.29) is 35.9 Å². The number of hydrogen-bond donors (Lipinski definition) is 0. The molecule has 0 aliphatic carbocycles. The first-order valence-electron chi connectivity index (χ1n) is 11.5. The van der Waals surface area contributed by atoms with E-state index in [0.29, 0.717) is 10.7 Å². The van der Waals surface area contributed by atoms with Gasteiger partial charge in [-0.1, -0.05) is 36.4 Å². The number of rotatable bonds is 8. The maximum atomic E-state index is 14.0. The molecule has 2 aromatic carbocycles. The average Bonchev–Trinajstić information content (AvgIpc) is 3.28. The van der Waals surface area contributed by atoms with E-state index in [1.54, 1.807) is 37.4 Å². The monoisotopic (exact) mass is 485 g/mol. The van der Waals surface area contributed by atoms with Gasteiger partial charge in [-0.3, -0.25) is 14.3 Å². The van der Waals surface area contributed by atoms with Crippen molar-refractivity contribution in [1.29, 1.82) is 0 Å². The lowest BCUT2D eigenvalue weighted by molar-refractivity contribution is -0.127. The van der Waals surface area contributed by atoms with E-state index in [0.717, 1.165) is 37.4 Å². The van der Waals surface area contributed by atoms with Crippen molar-refractivity contribution < 1.29 is 13.6 Å². The van der Waals surface area contributed by atoms with Crippen molar-refractivity contribution in [1.82, 2.24) is 24.6 Å². The van der Waals surface area contributed by atoms with Crippen molar-refractivity contribution in [2.45, 2.75) is 43.9 Å². The molecule has 1 aromatic heterocycles. The summed E-state index contributed by atoms with van der Waals surface area (Å²) in [6.45, 7) is 4.30. The minimum Gasteiger partial charge on any atom is -0.341 e. The van der Waals surface area contributed by atoms with Crippen LogP contribution in [0.2, 0.25) is 0 Å². The van der Waals surface area contributed by atoms with Crippen molar-refractivity contribution in [3.8, 4) is 5.69 Å². The lowest BCUT2D eigenvalue weighted by Gasteiger charge is -2.31. The summed E-state index contributed by atoms with van der Waals surface area (Å²) in [6.07, 6.45) is 3.54. The standard InChI is InChI=1S/C25H29F2N5OS/c1-18(31-14-6-3-7-15-31)24-28-29-25(32(24)21-12-10-20(26)11-13-21)34-17-23(33)30(2)16-19-8-4-5-9-22(19)27/h4-5,8-13,18H,3,6-7,14-17H2,1-2H3. The second-order valence-electron chi connectivity index (χ2n) is 8.56. The predicted molar refractivity (Wildman–Crippen MR) is 129 cm³/mol. The van der Waals surface area contributed by atoms with Gasteiger partial charge in [0.2, 0.25) is 5.91 Å². The number of benzene rings is 2. The van der Waals surface area contributed by atoms with Gasteiger partial charge in [0.15, 0.2) is 11.0 Å². The Kier molecular flexibility index (Phi) is 7.95. The number of halogens is 2. The van der Waals surface area contributed by atoms with Crippen LogP contribution in [0.5, 0.6) is 0 Å². The van der Waals surface area contributed by atoms with E-state index in [2.05, 4.69) is 22.0 Å². The minimum atomic E-state index is -0.331. The highest BCUT2D eigenvalue weighted by atomic mass is 32.2. The van der Waals surface area contributed by atoms with E-state index in [1.807, 2.05) is 4.57 Å². The molecule has 0 N–H and O–H groups in total. The van der Waals surface area contributed by atoms with Crippen LogP contribution in [0.1, 0.15) is 43.6 Å². The molecule has 1 amide bonds. The third-order valence-electron chi connectivity index (χ3n) is 6.17. The molecule has 1 atom stereocenters. The van der Waals surface area contributed by atoms with E-state index >= 15 is 0 Å². The van der Waals surface area contributed by atoms with Gasteiger partial charge < -0.3 is 4.90 Å². The lowest BCUT2D eigenvalue weighted by atomic mass is 10.1. The summed E-state index contributed by atoms with van der Waals surface area (Å²) in [4.78, 5) is 16.7. The first kappa shape index (κ1) is 24.3. The quantitative estimate of drug-likeness (QED) is 0.427. The Morgan fingerprint density at radius 3 is 2.47 bits per heavy atom. The summed E-state index contributed by atoms with van der Waals surface area (Å²) in [6, 6.07) is 12.7. The van der Waals surface area contributed by atoms with Gasteiger partial charge in [0.1, 0.15) is 11.6 Å². The van der Waals surface area contributed by atoms with Crippen LogP contribution in [0.15, 0.2) is 53.7 Å². The molecule has 180 valence electrons. The molecular formula is C25H29F2N5OS. The zero-order chi connectivity index (χ0) is 24.1. The Morgan fingerprint density at radius 2 is 1.76 bits per heavy atom. The number of amides is 1. The second-order valence-corrected chi connectivity index (χ2v) is 9.50. The zero-order valence-corrected chi connectivity index (χ0v) is 20.3. The summed E-state index contributed by atoms with van der Waals surface area (Å²) in [5.41, 5.74) is 1.22.